The predicted octanol–water partition coefficient (Wildman–Crippen LogP) is 5.33. The number of hydrogen-bond acceptors (Lipinski definition) is 5. The second-order valence-corrected chi connectivity index (χ2v) is 8.65. The van der Waals surface area contributed by atoms with Crippen LogP contribution < -0.4 is 4.90 Å². The zero-order chi connectivity index (χ0) is 22.9. The fourth-order valence-corrected chi connectivity index (χ4v) is 4.56. The number of nitriles is 1. The van der Waals surface area contributed by atoms with Crippen molar-refractivity contribution in [2.75, 3.05) is 18.0 Å². The molecule has 0 radical (unpaired) electrons. The van der Waals surface area contributed by atoms with E-state index in [0.717, 1.165) is 54.1 Å². The van der Waals surface area contributed by atoms with Crippen LogP contribution in [0.1, 0.15) is 31.7 Å². The molecule has 7 heteroatoms. The van der Waals surface area contributed by atoms with Gasteiger partial charge in [0.1, 0.15) is 17.7 Å². The smallest absolute Gasteiger partial charge is 0.147 e. The Kier molecular flexibility index (Phi) is 5.51. The van der Waals surface area contributed by atoms with E-state index in [1.165, 1.54) is 18.6 Å². The van der Waals surface area contributed by atoms with Crippen LogP contribution >= 0.6 is 0 Å². The first-order chi connectivity index (χ1) is 16.1. The number of fused-ring (bicyclic) bond motifs is 1. The minimum absolute atomic E-state index is 0.0165. The molecule has 0 amide bonds. The third kappa shape index (κ3) is 4.05. The number of aromatic nitrogens is 4. The molecule has 33 heavy (non-hydrogen) atoms. The number of benzene rings is 2. The summed E-state index contributed by atoms with van der Waals surface area (Å²) in [6.45, 7) is 4.12. The second-order valence-electron chi connectivity index (χ2n) is 8.65. The molecule has 0 N–H and O–H groups in total. The molecule has 0 atom stereocenters. The van der Waals surface area contributed by atoms with Gasteiger partial charge in [-0.2, -0.15) is 10.4 Å². The Morgan fingerprint density at radius 3 is 2.58 bits per heavy atom. The van der Waals surface area contributed by atoms with Gasteiger partial charge in [0.25, 0.3) is 0 Å². The van der Waals surface area contributed by atoms with Crippen LogP contribution in [0.15, 0.2) is 48.8 Å². The number of anilines is 1. The molecule has 0 saturated carbocycles. The van der Waals surface area contributed by atoms with Gasteiger partial charge >= 0.3 is 0 Å². The maximum absolute atomic E-state index is 14.5. The van der Waals surface area contributed by atoms with Crippen molar-refractivity contribution in [2.45, 2.75) is 26.2 Å². The average molecular weight is 441 g/mol. The lowest BCUT2D eigenvalue weighted by Crippen LogP contribution is -2.34. The topological polar surface area (TPSA) is 70.6 Å². The summed E-state index contributed by atoms with van der Waals surface area (Å²) in [7, 11) is 1.89. The van der Waals surface area contributed by atoms with Crippen LogP contribution in [0, 0.1) is 23.1 Å². The van der Waals surface area contributed by atoms with E-state index in [1.807, 2.05) is 43.7 Å². The number of halogens is 1. The fraction of sp³-hybridized carbons (Fsp3) is 0.308. The summed E-state index contributed by atoms with van der Waals surface area (Å²) in [4.78, 5) is 12.0. The van der Waals surface area contributed by atoms with Gasteiger partial charge in [-0.1, -0.05) is 25.5 Å². The van der Waals surface area contributed by atoms with E-state index < -0.39 is 5.82 Å². The Hall–Kier alpha value is -3.79. The molecule has 1 aliphatic rings. The molecule has 1 fully saturated rings. The van der Waals surface area contributed by atoms with Gasteiger partial charge in [-0.15, -0.1) is 0 Å². The monoisotopic (exact) mass is 440 g/mol. The zero-order valence-electron chi connectivity index (χ0n) is 18.8. The molecule has 0 aliphatic carbocycles. The highest BCUT2D eigenvalue weighted by Crippen LogP contribution is 2.34. The van der Waals surface area contributed by atoms with Crippen LogP contribution in [-0.2, 0) is 7.05 Å². The van der Waals surface area contributed by atoms with Crippen LogP contribution in [0.3, 0.4) is 0 Å². The molecule has 1 aliphatic heterocycles. The maximum Gasteiger partial charge on any atom is 0.147 e. The Morgan fingerprint density at radius 2 is 1.85 bits per heavy atom. The van der Waals surface area contributed by atoms with Crippen molar-refractivity contribution < 1.29 is 4.39 Å². The first-order valence-corrected chi connectivity index (χ1v) is 11.3. The molecule has 6 nitrogen and oxygen atoms in total. The van der Waals surface area contributed by atoms with E-state index in [2.05, 4.69) is 16.9 Å². The highest BCUT2D eigenvalue weighted by molar-refractivity contribution is 5.87. The van der Waals surface area contributed by atoms with Crippen molar-refractivity contribution in [2.24, 2.45) is 13.0 Å². The third-order valence-corrected chi connectivity index (χ3v) is 6.53. The average Bonchev–Trinajstić information content (AvgIpc) is 3.23. The highest BCUT2D eigenvalue weighted by Gasteiger charge is 2.21. The molecule has 166 valence electrons. The Bertz CT molecular complexity index is 1360. The number of hydrogen-bond donors (Lipinski definition) is 0. The van der Waals surface area contributed by atoms with E-state index in [-0.39, 0.29) is 5.56 Å². The summed E-state index contributed by atoms with van der Waals surface area (Å²) >= 11 is 0. The molecule has 0 spiro atoms. The van der Waals surface area contributed by atoms with Crippen LogP contribution in [0.2, 0.25) is 0 Å². The number of aryl methyl sites for hydroxylation is 1. The van der Waals surface area contributed by atoms with Crippen LogP contribution in [0.25, 0.3) is 33.4 Å². The highest BCUT2D eigenvalue weighted by atomic mass is 19.1. The summed E-state index contributed by atoms with van der Waals surface area (Å²) in [5.41, 5.74) is 3.69. The summed E-state index contributed by atoms with van der Waals surface area (Å²) < 4.78 is 16.3. The van der Waals surface area contributed by atoms with Crippen LogP contribution in [0.5, 0.6) is 0 Å². The summed E-state index contributed by atoms with van der Waals surface area (Å²) in [5.74, 6) is 1.00. The van der Waals surface area contributed by atoms with Gasteiger partial charge in [0, 0.05) is 42.8 Å². The van der Waals surface area contributed by atoms with Gasteiger partial charge < -0.3 is 4.90 Å². The standard InChI is InChI=1S/C26H25FN6/c1-3-17-8-10-33(11-9-17)24-15-29-25(18-6-7-23-21(12-18)16-32(2)31-23)26(30-24)19-4-5-20(14-28)22(27)13-19/h4-7,12-13,15-17H,3,8-11H2,1-2H3. The molecule has 0 unspecified atom stereocenters. The lowest BCUT2D eigenvalue weighted by Gasteiger charge is -2.32. The molecule has 4 aromatic rings. The van der Waals surface area contributed by atoms with Crippen molar-refractivity contribution in [1.29, 1.82) is 5.26 Å². The minimum atomic E-state index is -0.556. The summed E-state index contributed by atoms with van der Waals surface area (Å²) in [6.07, 6.45) is 7.25. The van der Waals surface area contributed by atoms with E-state index >= 15 is 0 Å². The number of rotatable bonds is 4. The molecule has 1 saturated heterocycles. The third-order valence-electron chi connectivity index (χ3n) is 6.53. The van der Waals surface area contributed by atoms with Gasteiger partial charge in [0.15, 0.2) is 0 Å². The van der Waals surface area contributed by atoms with Gasteiger partial charge in [-0.3, -0.25) is 9.67 Å². The quantitative estimate of drug-likeness (QED) is 0.429. The second kappa shape index (κ2) is 8.62. The van der Waals surface area contributed by atoms with Gasteiger partial charge in [-0.25, -0.2) is 9.37 Å². The maximum atomic E-state index is 14.5. The van der Waals surface area contributed by atoms with Crippen molar-refractivity contribution >= 4 is 16.7 Å². The lowest BCUT2D eigenvalue weighted by molar-refractivity contribution is 0.393. The fourth-order valence-electron chi connectivity index (χ4n) is 4.56. The van der Waals surface area contributed by atoms with Gasteiger partial charge in [-0.05, 0) is 43.0 Å². The normalized spacial score (nSPS) is 14.5. The van der Waals surface area contributed by atoms with Crippen molar-refractivity contribution in [3.63, 3.8) is 0 Å². The summed E-state index contributed by atoms with van der Waals surface area (Å²) in [5, 5.41) is 14.6. The summed E-state index contributed by atoms with van der Waals surface area (Å²) in [6, 6.07) is 12.5. The lowest BCUT2D eigenvalue weighted by atomic mass is 9.94. The Morgan fingerprint density at radius 1 is 1.09 bits per heavy atom. The molecule has 2 aromatic heterocycles. The number of nitrogens with zero attached hydrogens (tertiary/aromatic N) is 6. The molecular formula is C26H25FN6. The Labute approximate surface area is 192 Å². The molecular weight excluding hydrogens is 415 g/mol. The predicted molar refractivity (Wildman–Crippen MR) is 127 cm³/mol. The first-order valence-electron chi connectivity index (χ1n) is 11.3. The first kappa shape index (κ1) is 21.1. The zero-order valence-corrected chi connectivity index (χ0v) is 18.8. The minimum Gasteiger partial charge on any atom is -0.355 e. The molecule has 0 bridgehead atoms. The molecule has 5 rings (SSSR count). The van der Waals surface area contributed by atoms with Crippen LogP contribution in [-0.4, -0.2) is 32.8 Å². The van der Waals surface area contributed by atoms with E-state index in [9.17, 15) is 4.39 Å². The van der Waals surface area contributed by atoms with E-state index in [0.29, 0.717) is 17.0 Å². The van der Waals surface area contributed by atoms with Crippen molar-refractivity contribution in [3.05, 3.63) is 60.2 Å². The van der Waals surface area contributed by atoms with E-state index in [4.69, 9.17) is 15.2 Å². The Balaban J connectivity index is 1.61. The van der Waals surface area contributed by atoms with E-state index in [1.54, 1.807) is 10.7 Å². The van der Waals surface area contributed by atoms with Gasteiger partial charge in [0.05, 0.1) is 28.7 Å². The van der Waals surface area contributed by atoms with Crippen molar-refractivity contribution in [1.82, 2.24) is 19.7 Å². The van der Waals surface area contributed by atoms with Crippen molar-refractivity contribution in [3.8, 4) is 28.6 Å². The van der Waals surface area contributed by atoms with Crippen LogP contribution in [0.4, 0.5) is 10.2 Å². The van der Waals surface area contributed by atoms with Gasteiger partial charge in [0.2, 0.25) is 0 Å². The number of piperidine rings is 1. The molecule has 2 aromatic carbocycles. The largest absolute Gasteiger partial charge is 0.355 e. The molecule has 3 heterocycles. The SMILES string of the molecule is CCC1CCN(c2cnc(-c3ccc4nn(C)cc4c3)c(-c3ccc(C#N)c(F)c3)n2)CC1.